The summed E-state index contributed by atoms with van der Waals surface area (Å²) in [6.07, 6.45) is 8.38. The molecule has 6 heteroatoms. The van der Waals surface area contributed by atoms with Crippen molar-refractivity contribution in [1.29, 1.82) is 0 Å². The Morgan fingerprint density at radius 2 is 1.74 bits per heavy atom. The molecule has 1 aliphatic heterocycles. The normalized spacial score (nSPS) is 17.2. The molecule has 0 saturated carbocycles. The third-order valence-electron chi connectivity index (χ3n) is 3.52. The summed E-state index contributed by atoms with van der Waals surface area (Å²) in [5.41, 5.74) is 0. The summed E-state index contributed by atoms with van der Waals surface area (Å²) in [4.78, 5) is 11.7. The minimum Gasteiger partial charge on any atom is -0.356 e. The van der Waals surface area contributed by atoms with Crippen LogP contribution in [0.25, 0.3) is 0 Å². The van der Waals surface area contributed by atoms with Crippen LogP contribution in [0.15, 0.2) is 0 Å². The van der Waals surface area contributed by atoms with E-state index < -0.39 is 10.0 Å². The number of hydrogen-bond acceptors (Lipinski definition) is 3. The third kappa shape index (κ3) is 5.91. The Labute approximate surface area is 116 Å². The number of rotatable bonds is 9. The van der Waals surface area contributed by atoms with Crippen molar-refractivity contribution in [3.05, 3.63) is 0 Å². The Morgan fingerprint density at radius 1 is 1.16 bits per heavy atom. The van der Waals surface area contributed by atoms with E-state index >= 15 is 0 Å². The molecule has 1 amide bonds. The third-order valence-corrected chi connectivity index (χ3v) is 4.75. The van der Waals surface area contributed by atoms with E-state index in [9.17, 15) is 13.2 Å². The van der Waals surface area contributed by atoms with E-state index in [0.717, 1.165) is 12.8 Å². The average Bonchev–Trinajstić information content (AvgIpc) is 2.23. The van der Waals surface area contributed by atoms with E-state index in [4.69, 9.17) is 0 Å². The van der Waals surface area contributed by atoms with Gasteiger partial charge in [-0.05, 0) is 6.42 Å². The highest BCUT2D eigenvalue weighted by molar-refractivity contribution is 7.88. The number of sulfonamides is 1. The van der Waals surface area contributed by atoms with Crippen LogP contribution in [0.5, 0.6) is 0 Å². The smallest absolute Gasteiger partial charge is 0.225 e. The number of unbranched alkanes of at least 4 members (excludes halogenated alkanes) is 5. The lowest BCUT2D eigenvalue weighted by molar-refractivity contribution is -0.128. The van der Waals surface area contributed by atoms with Crippen LogP contribution >= 0.6 is 0 Å². The molecule has 0 spiro atoms. The van der Waals surface area contributed by atoms with Crippen LogP contribution in [0.4, 0.5) is 0 Å². The molecule has 112 valence electrons. The lowest BCUT2D eigenvalue weighted by Gasteiger charge is -2.35. The van der Waals surface area contributed by atoms with Gasteiger partial charge >= 0.3 is 0 Å². The summed E-state index contributed by atoms with van der Waals surface area (Å²) in [5, 5.41) is 2.89. The number of hydrogen-bond donors (Lipinski definition) is 1. The van der Waals surface area contributed by atoms with Gasteiger partial charge in [-0.1, -0.05) is 39.0 Å². The summed E-state index contributed by atoms with van der Waals surface area (Å²) >= 11 is 0. The molecule has 0 aromatic heterocycles. The molecule has 0 aromatic rings. The average molecular weight is 290 g/mol. The number of amides is 1. The van der Waals surface area contributed by atoms with Crippen LogP contribution in [0, 0.1) is 5.92 Å². The first-order chi connectivity index (χ1) is 8.95. The minimum absolute atomic E-state index is 0.00606. The van der Waals surface area contributed by atoms with E-state index in [-0.39, 0.29) is 11.8 Å². The van der Waals surface area contributed by atoms with Gasteiger partial charge < -0.3 is 5.32 Å². The standard InChI is InChI=1S/C13H26N2O3S/c1-3-4-5-6-7-8-9-14-13(16)12-10-15(11-12)19(2,17)18/h12H,3-11H2,1-2H3,(H,14,16). The largest absolute Gasteiger partial charge is 0.356 e. The fraction of sp³-hybridized carbons (Fsp3) is 0.923. The molecule has 19 heavy (non-hydrogen) atoms. The molecule has 1 rings (SSSR count). The highest BCUT2D eigenvalue weighted by Crippen LogP contribution is 2.18. The molecular formula is C13H26N2O3S. The van der Waals surface area contributed by atoms with Gasteiger partial charge in [0.05, 0.1) is 12.2 Å². The SMILES string of the molecule is CCCCCCCCNC(=O)C1CN(S(C)(=O)=O)C1. The van der Waals surface area contributed by atoms with Gasteiger partial charge in [-0.3, -0.25) is 4.79 Å². The fourth-order valence-electron chi connectivity index (χ4n) is 2.14. The number of nitrogens with zero attached hydrogens (tertiary/aromatic N) is 1. The van der Waals surface area contributed by atoms with Crippen LogP contribution in [0.1, 0.15) is 45.4 Å². The predicted octanol–water partition coefficient (Wildman–Crippen LogP) is 1.35. The minimum atomic E-state index is -3.12. The van der Waals surface area contributed by atoms with Crippen LogP contribution in [-0.4, -0.2) is 44.5 Å². The fourth-order valence-corrected chi connectivity index (χ4v) is 3.04. The van der Waals surface area contributed by atoms with Gasteiger partial charge in [0, 0.05) is 19.6 Å². The topological polar surface area (TPSA) is 66.5 Å². The predicted molar refractivity (Wildman–Crippen MR) is 76.3 cm³/mol. The maximum atomic E-state index is 11.7. The molecule has 0 atom stereocenters. The highest BCUT2D eigenvalue weighted by atomic mass is 32.2. The van der Waals surface area contributed by atoms with Gasteiger partial charge in [-0.2, -0.15) is 0 Å². The summed E-state index contributed by atoms with van der Waals surface area (Å²) in [6.45, 7) is 3.57. The number of nitrogens with one attached hydrogen (secondary N) is 1. The van der Waals surface area contributed by atoms with Gasteiger partial charge in [0.25, 0.3) is 0 Å². The Morgan fingerprint density at radius 3 is 2.32 bits per heavy atom. The van der Waals surface area contributed by atoms with Crippen molar-refractivity contribution in [2.75, 3.05) is 25.9 Å². The lowest BCUT2D eigenvalue weighted by atomic mass is 10.0. The lowest BCUT2D eigenvalue weighted by Crippen LogP contribution is -2.55. The van der Waals surface area contributed by atoms with Crippen molar-refractivity contribution in [2.24, 2.45) is 5.92 Å². The van der Waals surface area contributed by atoms with Crippen molar-refractivity contribution >= 4 is 15.9 Å². The Hall–Kier alpha value is -0.620. The molecule has 0 aromatic carbocycles. The van der Waals surface area contributed by atoms with Crippen molar-refractivity contribution in [2.45, 2.75) is 45.4 Å². The van der Waals surface area contributed by atoms with E-state index in [0.29, 0.717) is 19.6 Å². The molecule has 0 unspecified atom stereocenters. The summed E-state index contributed by atoms with van der Waals surface area (Å²) in [5.74, 6) is -0.164. The maximum absolute atomic E-state index is 11.7. The zero-order chi connectivity index (χ0) is 14.3. The number of carbonyl (C=O) groups is 1. The molecule has 1 fully saturated rings. The quantitative estimate of drug-likeness (QED) is 0.652. The molecule has 5 nitrogen and oxygen atoms in total. The summed E-state index contributed by atoms with van der Waals surface area (Å²) < 4.78 is 23.7. The maximum Gasteiger partial charge on any atom is 0.225 e. The molecular weight excluding hydrogens is 264 g/mol. The van der Waals surface area contributed by atoms with Gasteiger partial charge in [-0.15, -0.1) is 0 Å². The van der Waals surface area contributed by atoms with Crippen LogP contribution in [-0.2, 0) is 14.8 Å². The Kier molecular flexibility index (Phi) is 6.79. The molecule has 1 N–H and O–H groups in total. The zero-order valence-corrected chi connectivity index (χ0v) is 12.8. The van der Waals surface area contributed by atoms with Crippen LogP contribution < -0.4 is 5.32 Å². The first-order valence-corrected chi connectivity index (χ1v) is 9.02. The molecule has 0 radical (unpaired) electrons. The Balaban J connectivity index is 2.01. The van der Waals surface area contributed by atoms with Gasteiger partial charge in [0.15, 0.2) is 0 Å². The van der Waals surface area contributed by atoms with E-state index in [2.05, 4.69) is 12.2 Å². The summed E-state index contributed by atoms with van der Waals surface area (Å²) in [6, 6.07) is 0. The van der Waals surface area contributed by atoms with Crippen LogP contribution in [0.3, 0.4) is 0 Å². The second kappa shape index (κ2) is 7.85. The number of carbonyl (C=O) groups excluding carboxylic acids is 1. The first kappa shape index (κ1) is 16.4. The second-order valence-electron chi connectivity index (χ2n) is 5.34. The van der Waals surface area contributed by atoms with E-state index in [1.54, 1.807) is 0 Å². The zero-order valence-electron chi connectivity index (χ0n) is 12.0. The van der Waals surface area contributed by atoms with Crippen molar-refractivity contribution in [1.82, 2.24) is 9.62 Å². The Bertz CT molecular complexity index is 375. The molecule has 1 saturated heterocycles. The van der Waals surface area contributed by atoms with Gasteiger partial charge in [-0.25, -0.2) is 12.7 Å². The monoisotopic (exact) mass is 290 g/mol. The van der Waals surface area contributed by atoms with Crippen molar-refractivity contribution in [3.8, 4) is 0 Å². The molecule has 0 bridgehead atoms. The second-order valence-corrected chi connectivity index (χ2v) is 7.32. The van der Waals surface area contributed by atoms with Gasteiger partial charge in [0.1, 0.15) is 0 Å². The molecule has 1 heterocycles. The molecule has 1 aliphatic rings. The molecule has 0 aliphatic carbocycles. The highest BCUT2D eigenvalue weighted by Gasteiger charge is 2.37. The van der Waals surface area contributed by atoms with Crippen molar-refractivity contribution < 1.29 is 13.2 Å². The van der Waals surface area contributed by atoms with Crippen molar-refractivity contribution in [3.63, 3.8) is 0 Å². The first-order valence-electron chi connectivity index (χ1n) is 7.18. The van der Waals surface area contributed by atoms with E-state index in [1.165, 1.54) is 36.2 Å². The summed E-state index contributed by atoms with van der Waals surface area (Å²) in [7, 11) is -3.12. The van der Waals surface area contributed by atoms with Crippen LogP contribution in [0.2, 0.25) is 0 Å². The van der Waals surface area contributed by atoms with Gasteiger partial charge in [0.2, 0.25) is 15.9 Å². The van der Waals surface area contributed by atoms with E-state index in [1.807, 2.05) is 0 Å².